The molecule has 0 fully saturated rings. The normalized spacial score (nSPS) is 13.4. The number of rotatable bonds is 10. The molecule has 2 atom stereocenters. The standard InChI is InChI=1S/C34H47N3O2/c1-21(2)36(22(3)4)33(38)30-18-14-13-17-29(30)32(35-10)25(9)27-20-19-26-15-11-12-16-28(26)31(27)34(39)37(23(5)6)24(7)8/h11-25,32,35H,1-10H3/t25-,32-/m0/s1. The number of hydrogen-bond acceptors (Lipinski definition) is 3. The number of carbonyl (C=O) groups is 2. The van der Waals surface area contributed by atoms with E-state index >= 15 is 0 Å². The highest BCUT2D eigenvalue weighted by Crippen LogP contribution is 2.38. The smallest absolute Gasteiger partial charge is 0.255 e. The van der Waals surface area contributed by atoms with Crippen molar-refractivity contribution in [2.24, 2.45) is 0 Å². The van der Waals surface area contributed by atoms with Crippen LogP contribution in [0.4, 0.5) is 0 Å². The molecule has 2 amide bonds. The molecule has 1 N–H and O–H groups in total. The molecule has 5 heteroatoms. The van der Waals surface area contributed by atoms with E-state index in [9.17, 15) is 9.59 Å². The fourth-order valence-corrected chi connectivity index (χ4v) is 6.12. The van der Waals surface area contributed by atoms with E-state index in [1.165, 1.54) is 0 Å². The van der Waals surface area contributed by atoms with Crippen molar-refractivity contribution in [2.45, 2.75) is 98.4 Å². The fourth-order valence-electron chi connectivity index (χ4n) is 6.12. The van der Waals surface area contributed by atoms with E-state index in [2.05, 4.69) is 85.8 Å². The Morgan fingerprint density at radius 2 is 1.13 bits per heavy atom. The highest BCUT2D eigenvalue weighted by atomic mass is 16.2. The molecule has 0 spiro atoms. The van der Waals surface area contributed by atoms with Crippen LogP contribution in [0.15, 0.2) is 60.7 Å². The average molecular weight is 530 g/mol. The highest BCUT2D eigenvalue weighted by molar-refractivity contribution is 6.08. The molecule has 0 heterocycles. The highest BCUT2D eigenvalue weighted by Gasteiger charge is 2.32. The van der Waals surface area contributed by atoms with E-state index < -0.39 is 0 Å². The van der Waals surface area contributed by atoms with Crippen molar-refractivity contribution in [2.75, 3.05) is 7.05 Å². The molecule has 210 valence electrons. The van der Waals surface area contributed by atoms with E-state index in [0.29, 0.717) is 5.56 Å². The molecule has 0 unspecified atom stereocenters. The third kappa shape index (κ3) is 6.19. The molecule has 0 aromatic heterocycles. The molecule has 3 rings (SSSR count). The van der Waals surface area contributed by atoms with Gasteiger partial charge in [0.25, 0.3) is 11.8 Å². The second-order valence-electron chi connectivity index (χ2n) is 11.7. The van der Waals surface area contributed by atoms with E-state index in [1.807, 2.05) is 59.3 Å². The van der Waals surface area contributed by atoms with Crippen LogP contribution >= 0.6 is 0 Å². The lowest BCUT2D eigenvalue weighted by Gasteiger charge is -2.35. The summed E-state index contributed by atoms with van der Waals surface area (Å²) in [6.07, 6.45) is 0. The van der Waals surface area contributed by atoms with Gasteiger partial charge in [0.1, 0.15) is 0 Å². The number of nitrogens with one attached hydrogen (secondary N) is 1. The van der Waals surface area contributed by atoms with Gasteiger partial charge < -0.3 is 15.1 Å². The number of likely N-dealkylation sites (N-methyl/N-ethyl adjacent to an activating group) is 1. The topological polar surface area (TPSA) is 52.7 Å². The second kappa shape index (κ2) is 12.8. The van der Waals surface area contributed by atoms with Gasteiger partial charge in [-0.1, -0.05) is 61.5 Å². The Bertz CT molecular complexity index is 1280. The van der Waals surface area contributed by atoms with Crippen molar-refractivity contribution < 1.29 is 9.59 Å². The largest absolute Gasteiger partial charge is 0.334 e. The zero-order chi connectivity index (χ0) is 29.0. The fraction of sp³-hybridized carbons (Fsp3) is 0.471. The summed E-state index contributed by atoms with van der Waals surface area (Å²) in [6.45, 7) is 18.7. The third-order valence-corrected chi connectivity index (χ3v) is 7.70. The zero-order valence-corrected chi connectivity index (χ0v) is 25.4. The molecular formula is C34H47N3O2. The van der Waals surface area contributed by atoms with Gasteiger partial charge in [0.2, 0.25) is 0 Å². The number of benzene rings is 3. The lowest BCUT2D eigenvalue weighted by atomic mass is 9.82. The molecule has 5 nitrogen and oxygen atoms in total. The van der Waals surface area contributed by atoms with Gasteiger partial charge in [0, 0.05) is 41.7 Å². The Morgan fingerprint density at radius 1 is 0.615 bits per heavy atom. The summed E-state index contributed by atoms with van der Waals surface area (Å²) in [5, 5.41) is 5.51. The predicted octanol–water partition coefficient (Wildman–Crippen LogP) is 7.42. The van der Waals surface area contributed by atoms with Gasteiger partial charge in [-0.15, -0.1) is 0 Å². The molecule has 0 aliphatic heterocycles. The molecule has 3 aromatic rings. The summed E-state index contributed by atoms with van der Waals surface area (Å²) >= 11 is 0. The molecule has 0 radical (unpaired) electrons. The first-order valence-corrected chi connectivity index (χ1v) is 14.3. The van der Waals surface area contributed by atoms with Crippen molar-refractivity contribution in [3.8, 4) is 0 Å². The minimum atomic E-state index is -0.175. The number of amides is 2. The van der Waals surface area contributed by atoms with Crippen molar-refractivity contribution in [1.29, 1.82) is 0 Å². The van der Waals surface area contributed by atoms with Crippen LogP contribution in [0.2, 0.25) is 0 Å². The van der Waals surface area contributed by atoms with Gasteiger partial charge in [-0.05, 0) is 90.4 Å². The summed E-state index contributed by atoms with van der Waals surface area (Å²) in [5.74, 6) is -0.00691. The van der Waals surface area contributed by atoms with Crippen molar-refractivity contribution in [3.05, 3.63) is 82.9 Å². The summed E-state index contributed by atoms with van der Waals surface area (Å²) in [4.78, 5) is 32.0. The van der Waals surface area contributed by atoms with Crippen LogP contribution in [0, 0.1) is 0 Å². The Labute approximate surface area is 235 Å². The summed E-state index contributed by atoms with van der Waals surface area (Å²) < 4.78 is 0. The van der Waals surface area contributed by atoms with Crippen molar-refractivity contribution >= 4 is 22.6 Å². The SMILES string of the molecule is CN[C@H](c1ccccc1C(=O)N(C(C)C)C(C)C)[C@@H](C)c1ccc2ccccc2c1C(=O)N(C(C)C)C(C)C. The van der Waals surface area contributed by atoms with E-state index in [-0.39, 0.29) is 47.9 Å². The van der Waals surface area contributed by atoms with Crippen LogP contribution in [0.5, 0.6) is 0 Å². The van der Waals surface area contributed by atoms with Crippen LogP contribution < -0.4 is 5.32 Å². The van der Waals surface area contributed by atoms with Crippen molar-refractivity contribution in [1.82, 2.24) is 15.1 Å². The van der Waals surface area contributed by atoms with E-state index in [1.54, 1.807) is 0 Å². The number of nitrogens with zero attached hydrogens (tertiary/aromatic N) is 2. The van der Waals surface area contributed by atoms with Crippen LogP contribution in [0.3, 0.4) is 0 Å². The average Bonchev–Trinajstić information content (AvgIpc) is 2.87. The van der Waals surface area contributed by atoms with Crippen LogP contribution in [-0.2, 0) is 0 Å². The Balaban J connectivity index is 2.21. The number of hydrogen-bond donors (Lipinski definition) is 1. The predicted molar refractivity (Wildman–Crippen MR) is 163 cm³/mol. The summed E-state index contributed by atoms with van der Waals surface area (Å²) in [5.41, 5.74) is 3.37. The molecule has 0 aliphatic carbocycles. The summed E-state index contributed by atoms with van der Waals surface area (Å²) in [7, 11) is 1.93. The Morgan fingerprint density at radius 3 is 1.69 bits per heavy atom. The first-order valence-electron chi connectivity index (χ1n) is 14.3. The molecule has 39 heavy (non-hydrogen) atoms. The van der Waals surface area contributed by atoms with E-state index in [0.717, 1.165) is 27.5 Å². The van der Waals surface area contributed by atoms with Gasteiger partial charge in [0.05, 0.1) is 5.56 Å². The van der Waals surface area contributed by atoms with Gasteiger partial charge >= 0.3 is 0 Å². The maximum Gasteiger partial charge on any atom is 0.255 e. The van der Waals surface area contributed by atoms with Gasteiger partial charge in [-0.25, -0.2) is 0 Å². The lowest BCUT2D eigenvalue weighted by Crippen LogP contribution is -2.43. The van der Waals surface area contributed by atoms with Gasteiger partial charge in [0.15, 0.2) is 0 Å². The number of fused-ring (bicyclic) bond motifs is 1. The first-order chi connectivity index (χ1) is 18.4. The van der Waals surface area contributed by atoms with Gasteiger partial charge in [-0.2, -0.15) is 0 Å². The van der Waals surface area contributed by atoms with Crippen molar-refractivity contribution in [3.63, 3.8) is 0 Å². The Hall–Kier alpha value is -3.18. The summed E-state index contributed by atoms with van der Waals surface area (Å²) in [6, 6.07) is 20.3. The third-order valence-electron chi connectivity index (χ3n) is 7.70. The maximum atomic E-state index is 14.3. The molecular weight excluding hydrogens is 482 g/mol. The number of carbonyl (C=O) groups excluding carboxylic acids is 2. The Kier molecular flexibility index (Phi) is 9.95. The monoisotopic (exact) mass is 529 g/mol. The molecule has 0 aliphatic rings. The molecule has 0 bridgehead atoms. The quantitative estimate of drug-likeness (QED) is 0.297. The van der Waals surface area contributed by atoms with Crippen LogP contribution in [0.25, 0.3) is 10.8 Å². The molecule has 0 saturated carbocycles. The minimum Gasteiger partial charge on any atom is -0.334 e. The lowest BCUT2D eigenvalue weighted by molar-refractivity contribution is 0.0632. The minimum absolute atomic E-state index is 0.0312. The van der Waals surface area contributed by atoms with Crippen LogP contribution in [-0.4, -0.2) is 52.8 Å². The zero-order valence-electron chi connectivity index (χ0n) is 25.4. The second-order valence-corrected chi connectivity index (χ2v) is 11.7. The first kappa shape index (κ1) is 30.4. The maximum absolute atomic E-state index is 14.3. The molecule has 3 aromatic carbocycles. The van der Waals surface area contributed by atoms with Crippen LogP contribution in [0.1, 0.15) is 106 Å². The van der Waals surface area contributed by atoms with E-state index in [4.69, 9.17) is 0 Å². The van der Waals surface area contributed by atoms with Gasteiger partial charge in [-0.3, -0.25) is 9.59 Å². The molecule has 0 saturated heterocycles.